The predicted octanol–water partition coefficient (Wildman–Crippen LogP) is 2.94. The van der Waals surface area contributed by atoms with Crippen LogP contribution in [0.5, 0.6) is 0 Å². The Balaban J connectivity index is 0.00000264. The molecule has 1 saturated carbocycles. The van der Waals surface area contributed by atoms with Crippen LogP contribution < -0.4 is 10.6 Å². The van der Waals surface area contributed by atoms with Gasteiger partial charge in [0.25, 0.3) is 0 Å². The molecule has 1 unspecified atom stereocenters. The molecule has 2 rings (SSSR count). The summed E-state index contributed by atoms with van der Waals surface area (Å²) in [6.45, 7) is 5.70. The fourth-order valence-electron chi connectivity index (χ4n) is 3.70. The Morgan fingerprint density at radius 1 is 1.13 bits per heavy atom. The summed E-state index contributed by atoms with van der Waals surface area (Å²) in [5.74, 6) is 0.889. The summed E-state index contributed by atoms with van der Waals surface area (Å²) >= 11 is 0. The van der Waals surface area contributed by atoms with Crippen molar-refractivity contribution in [3.05, 3.63) is 0 Å². The first kappa shape index (κ1) is 21.0. The normalized spacial score (nSPS) is 26.8. The average molecular weight is 439 g/mol. The first-order valence-electron chi connectivity index (χ1n) is 8.69. The second-order valence-corrected chi connectivity index (χ2v) is 7.13. The molecule has 2 N–H and O–H groups in total. The van der Waals surface area contributed by atoms with Crippen LogP contribution in [-0.4, -0.2) is 52.0 Å². The molecule has 1 aliphatic heterocycles. The van der Waals surface area contributed by atoms with Gasteiger partial charge in [0, 0.05) is 40.5 Å². The van der Waals surface area contributed by atoms with Crippen LogP contribution in [0, 0.1) is 5.41 Å². The van der Waals surface area contributed by atoms with E-state index in [0.717, 1.165) is 51.5 Å². The molecule has 1 saturated heterocycles. The van der Waals surface area contributed by atoms with Gasteiger partial charge in [-0.2, -0.15) is 0 Å². The monoisotopic (exact) mass is 439 g/mol. The van der Waals surface area contributed by atoms with Gasteiger partial charge in [-0.15, -0.1) is 24.0 Å². The summed E-state index contributed by atoms with van der Waals surface area (Å²) in [5.41, 5.74) is 0.333. The third-order valence-electron chi connectivity index (χ3n) is 5.29. The summed E-state index contributed by atoms with van der Waals surface area (Å²) in [5, 5.41) is 6.96. The molecule has 1 atom stereocenters. The van der Waals surface area contributed by atoms with Crippen LogP contribution in [0.15, 0.2) is 4.99 Å². The summed E-state index contributed by atoms with van der Waals surface area (Å²) < 4.78 is 11.1. The van der Waals surface area contributed by atoms with E-state index in [2.05, 4.69) is 22.5 Å². The molecule has 0 spiro atoms. The molecule has 0 amide bonds. The number of halogens is 1. The second-order valence-electron chi connectivity index (χ2n) is 7.13. The van der Waals surface area contributed by atoms with Crippen molar-refractivity contribution in [1.82, 2.24) is 10.6 Å². The Kier molecular flexibility index (Phi) is 9.15. The van der Waals surface area contributed by atoms with Gasteiger partial charge in [0.05, 0.1) is 5.60 Å². The summed E-state index contributed by atoms with van der Waals surface area (Å²) in [6.07, 6.45) is 8.67. The molecule has 0 radical (unpaired) electrons. The fraction of sp³-hybridized carbons (Fsp3) is 0.941. The summed E-state index contributed by atoms with van der Waals surface area (Å²) in [6, 6.07) is 0. The van der Waals surface area contributed by atoms with Gasteiger partial charge in [-0.1, -0.05) is 12.8 Å². The minimum absolute atomic E-state index is 0. The van der Waals surface area contributed by atoms with E-state index < -0.39 is 0 Å². The lowest BCUT2D eigenvalue weighted by atomic mass is 9.83. The van der Waals surface area contributed by atoms with Crippen LogP contribution >= 0.6 is 24.0 Å². The van der Waals surface area contributed by atoms with Crippen LogP contribution in [0.4, 0.5) is 0 Å². The van der Waals surface area contributed by atoms with E-state index >= 15 is 0 Å². The predicted molar refractivity (Wildman–Crippen MR) is 106 cm³/mol. The zero-order chi connectivity index (χ0) is 15.9. The second kappa shape index (κ2) is 10.0. The van der Waals surface area contributed by atoms with Crippen LogP contribution in [-0.2, 0) is 9.47 Å². The van der Waals surface area contributed by atoms with E-state index in [1.165, 1.54) is 25.7 Å². The van der Waals surface area contributed by atoms with Crippen molar-refractivity contribution >= 4 is 29.9 Å². The van der Waals surface area contributed by atoms with Crippen LogP contribution in [0.25, 0.3) is 0 Å². The van der Waals surface area contributed by atoms with Gasteiger partial charge in [-0.25, -0.2) is 0 Å². The molecular weight excluding hydrogens is 405 g/mol. The molecular formula is C17H34IN3O2. The number of methoxy groups -OCH3 is 1. The number of hydrogen-bond acceptors (Lipinski definition) is 3. The Bertz CT molecular complexity index is 365. The number of nitrogens with zero attached hydrogens (tertiary/aromatic N) is 1. The number of guanidine groups is 1. The van der Waals surface area contributed by atoms with Crippen molar-refractivity contribution in [3.63, 3.8) is 0 Å². The van der Waals surface area contributed by atoms with Crippen LogP contribution in [0.3, 0.4) is 0 Å². The molecule has 5 nitrogen and oxygen atoms in total. The van der Waals surface area contributed by atoms with E-state index in [1.807, 2.05) is 7.05 Å². The van der Waals surface area contributed by atoms with Gasteiger partial charge in [-0.3, -0.25) is 4.99 Å². The van der Waals surface area contributed by atoms with E-state index in [-0.39, 0.29) is 29.6 Å². The Labute approximate surface area is 158 Å². The molecule has 23 heavy (non-hydrogen) atoms. The molecule has 2 fully saturated rings. The van der Waals surface area contributed by atoms with E-state index in [4.69, 9.17) is 9.47 Å². The Hall–Kier alpha value is -0.0800. The highest BCUT2D eigenvalue weighted by atomic mass is 127. The molecule has 0 aromatic carbocycles. The zero-order valence-corrected chi connectivity index (χ0v) is 17.3. The zero-order valence-electron chi connectivity index (χ0n) is 15.0. The number of nitrogens with one attached hydrogen (secondary N) is 2. The number of aliphatic imine (C=N–C) groups is 1. The maximum atomic E-state index is 5.82. The quantitative estimate of drug-likeness (QED) is 0.364. The molecule has 0 bridgehead atoms. The van der Waals surface area contributed by atoms with Gasteiger partial charge < -0.3 is 20.1 Å². The lowest BCUT2D eigenvalue weighted by molar-refractivity contribution is 0.0242. The summed E-state index contributed by atoms with van der Waals surface area (Å²) in [4.78, 5) is 4.36. The van der Waals surface area contributed by atoms with E-state index in [9.17, 15) is 0 Å². The van der Waals surface area contributed by atoms with Gasteiger partial charge in [0.2, 0.25) is 0 Å². The van der Waals surface area contributed by atoms with Gasteiger partial charge in [0.1, 0.15) is 0 Å². The smallest absolute Gasteiger partial charge is 0.191 e. The molecule has 0 aromatic heterocycles. The SMILES string of the molecule is CN=C(NCC1(CCOC)CCCC1)NCC1(C)CCCO1.I. The Morgan fingerprint density at radius 3 is 2.39 bits per heavy atom. The van der Waals surface area contributed by atoms with Crippen molar-refractivity contribution < 1.29 is 9.47 Å². The third-order valence-corrected chi connectivity index (χ3v) is 5.29. The maximum absolute atomic E-state index is 5.82. The van der Waals surface area contributed by atoms with Crippen LogP contribution in [0.1, 0.15) is 51.9 Å². The molecule has 1 heterocycles. The van der Waals surface area contributed by atoms with Gasteiger partial charge in [0.15, 0.2) is 5.96 Å². The molecule has 0 aromatic rings. The van der Waals surface area contributed by atoms with Crippen LogP contribution in [0.2, 0.25) is 0 Å². The standard InChI is InChI=1S/C17H33N3O2.HI/c1-16(7-6-11-22-16)13-19-15(18-2)20-14-17(10-12-21-3)8-4-5-9-17;/h4-14H2,1-3H3,(H2,18,19,20);1H. The molecule has 136 valence electrons. The lowest BCUT2D eigenvalue weighted by Crippen LogP contribution is -2.48. The maximum Gasteiger partial charge on any atom is 0.191 e. The largest absolute Gasteiger partial charge is 0.385 e. The highest BCUT2D eigenvalue weighted by molar-refractivity contribution is 14.0. The fourth-order valence-corrected chi connectivity index (χ4v) is 3.70. The topological polar surface area (TPSA) is 54.9 Å². The first-order valence-corrected chi connectivity index (χ1v) is 8.69. The molecule has 2 aliphatic rings. The van der Waals surface area contributed by atoms with Crippen molar-refractivity contribution in [1.29, 1.82) is 0 Å². The lowest BCUT2D eigenvalue weighted by Gasteiger charge is -2.31. The molecule has 1 aliphatic carbocycles. The van der Waals surface area contributed by atoms with E-state index in [0.29, 0.717) is 5.41 Å². The number of ether oxygens (including phenoxy) is 2. The first-order chi connectivity index (χ1) is 10.6. The highest BCUT2D eigenvalue weighted by Crippen LogP contribution is 2.40. The van der Waals surface area contributed by atoms with Gasteiger partial charge in [-0.05, 0) is 44.4 Å². The molecule has 6 heteroatoms. The summed E-state index contributed by atoms with van der Waals surface area (Å²) in [7, 11) is 3.63. The van der Waals surface area contributed by atoms with Crippen molar-refractivity contribution in [2.75, 3.05) is 40.5 Å². The van der Waals surface area contributed by atoms with Gasteiger partial charge >= 0.3 is 0 Å². The van der Waals surface area contributed by atoms with Crippen molar-refractivity contribution in [2.24, 2.45) is 10.4 Å². The average Bonchev–Trinajstić information content (AvgIpc) is 3.16. The minimum Gasteiger partial charge on any atom is -0.385 e. The van der Waals surface area contributed by atoms with Crippen molar-refractivity contribution in [3.8, 4) is 0 Å². The highest BCUT2D eigenvalue weighted by Gasteiger charge is 2.34. The third kappa shape index (κ3) is 6.38. The van der Waals surface area contributed by atoms with E-state index in [1.54, 1.807) is 7.11 Å². The number of rotatable bonds is 7. The van der Waals surface area contributed by atoms with Crippen molar-refractivity contribution in [2.45, 2.75) is 57.5 Å². The minimum atomic E-state index is -0.0429. The number of hydrogen-bond donors (Lipinski definition) is 2. The Morgan fingerprint density at radius 2 is 1.83 bits per heavy atom.